The summed E-state index contributed by atoms with van der Waals surface area (Å²) in [6.45, 7) is 0.111. The van der Waals surface area contributed by atoms with Gasteiger partial charge in [0.05, 0.1) is 13.7 Å². The van der Waals surface area contributed by atoms with Crippen molar-refractivity contribution in [2.45, 2.75) is 6.54 Å². The Morgan fingerprint density at radius 1 is 0.885 bits per heavy atom. The number of methoxy groups -OCH3 is 1. The number of carbonyl (C=O) groups excluding carboxylic acids is 3. The summed E-state index contributed by atoms with van der Waals surface area (Å²) in [6.07, 6.45) is 0. The molecule has 0 radical (unpaired) electrons. The summed E-state index contributed by atoms with van der Waals surface area (Å²) in [4.78, 5) is 35.1. The van der Waals surface area contributed by atoms with E-state index < -0.39 is 11.9 Å². The van der Waals surface area contributed by atoms with Crippen molar-refractivity contribution < 1.29 is 19.1 Å². The van der Waals surface area contributed by atoms with Gasteiger partial charge in [-0.3, -0.25) is 15.0 Å². The fourth-order valence-corrected chi connectivity index (χ4v) is 1.99. The Morgan fingerprint density at radius 2 is 1.58 bits per heavy atom. The van der Waals surface area contributed by atoms with Crippen LogP contribution in [0.4, 0.5) is 4.79 Å². The maximum absolute atomic E-state index is 11.8. The lowest BCUT2D eigenvalue weighted by Gasteiger charge is -2.10. The predicted molar refractivity (Wildman–Crippen MR) is 95.3 cm³/mol. The van der Waals surface area contributed by atoms with Gasteiger partial charge in [0.2, 0.25) is 5.91 Å². The van der Waals surface area contributed by atoms with Crippen LogP contribution in [0.3, 0.4) is 0 Å². The molecule has 0 aliphatic carbocycles. The minimum atomic E-state index is -0.686. The summed E-state index contributed by atoms with van der Waals surface area (Å²) in [7, 11) is 1.58. The van der Waals surface area contributed by atoms with E-state index in [0.717, 1.165) is 11.3 Å². The lowest BCUT2D eigenvalue weighted by Crippen LogP contribution is -2.49. The predicted octanol–water partition coefficient (Wildman–Crippen LogP) is 0.956. The van der Waals surface area contributed by atoms with Gasteiger partial charge in [-0.15, -0.1) is 0 Å². The fourth-order valence-electron chi connectivity index (χ4n) is 1.99. The van der Waals surface area contributed by atoms with Gasteiger partial charge in [-0.2, -0.15) is 0 Å². The van der Waals surface area contributed by atoms with Crippen molar-refractivity contribution in [3.05, 3.63) is 65.7 Å². The quantitative estimate of drug-likeness (QED) is 0.578. The molecule has 26 heavy (non-hydrogen) atoms. The van der Waals surface area contributed by atoms with Crippen molar-refractivity contribution in [1.82, 2.24) is 21.5 Å². The molecule has 8 nitrogen and oxygen atoms in total. The van der Waals surface area contributed by atoms with Gasteiger partial charge in [-0.05, 0) is 29.8 Å². The number of benzene rings is 2. The van der Waals surface area contributed by atoms with Crippen molar-refractivity contribution in [2.75, 3.05) is 13.7 Å². The molecule has 2 aromatic rings. The van der Waals surface area contributed by atoms with E-state index in [-0.39, 0.29) is 12.5 Å². The molecule has 4 amide bonds. The summed E-state index contributed by atoms with van der Waals surface area (Å²) < 4.78 is 5.06. The number of amides is 4. The highest BCUT2D eigenvalue weighted by atomic mass is 16.5. The van der Waals surface area contributed by atoms with Gasteiger partial charge in [0, 0.05) is 12.1 Å². The number of rotatable bonds is 6. The largest absolute Gasteiger partial charge is 0.497 e. The average molecular weight is 356 g/mol. The molecule has 2 rings (SSSR count). The minimum absolute atomic E-state index is 0.219. The van der Waals surface area contributed by atoms with Gasteiger partial charge in [0.15, 0.2) is 0 Å². The van der Waals surface area contributed by atoms with Crippen LogP contribution in [0.5, 0.6) is 5.75 Å². The average Bonchev–Trinajstić information content (AvgIpc) is 2.69. The number of urea groups is 1. The number of hydrazine groups is 1. The molecule has 0 fully saturated rings. The number of nitrogens with one attached hydrogen (secondary N) is 4. The summed E-state index contributed by atoms with van der Waals surface area (Å²) in [5.74, 6) is -0.0778. The molecule has 0 saturated heterocycles. The highest BCUT2D eigenvalue weighted by Crippen LogP contribution is 2.10. The number of hydrogen-bond donors (Lipinski definition) is 4. The lowest BCUT2D eigenvalue weighted by molar-refractivity contribution is -0.120. The second-order valence-electron chi connectivity index (χ2n) is 5.25. The van der Waals surface area contributed by atoms with E-state index in [2.05, 4.69) is 21.5 Å². The van der Waals surface area contributed by atoms with Gasteiger partial charge >= 0.3 is 6.03 Å². The standard InChI is InChI=1S/C18H20N4O4/c1-26-15-9-7-13(8-10-15)11-19-16(23)12-20-18(25)22-21-17(24)14-5-3-2-4-6-14/h2-10H,11-12H2,1H3,(H,19,23)(H,21,24)(H2,20,22,25). The molecule has 136 valence electrons. The molecule has 4 N–H and O–H groups in total. The molecule has 0 heterocycles. The first-order chi connectivity index (χ1) is 12.6. The molecular weight excluding hydrogens is 336 g/mol. The van der Waals surface area contributed by atoms with E-state index in [1.54, 1.807) is 49.6 Å². The highest BCUT2D eigenvalue weighted by Gasteiger charge is 2.08. The zero-order chi connectivity index (χ0) is 18.8. The molecule has 0 bridgehead atoms. The van der Waals surface area contributed by atoms with E-state index in [4.69, 9.17) is 4.74 Å². The van der Waals surface area contributed by atoms with Crippen LogP contribution in [-0.2, 0) is 11.3 Å². The van der Waals surface area contributed by atoms with Gasteiger partial charge in [-0.25, -0.2) is 10.2 Å². The van der Waals surface area contributed by atoms with E-state index in [0.29, 0.717) is 12.1 Å². The van der Waals surface area contributed by atoms with Crippen LogP contribution in [0.15, 0.2) is 54.6 Å². The normalized spacial score (nSPS) is 9.73. The summed E-state index contributed by atoms with van der Waals surface area (Å²) >= 11 is 0. The van der Waals surface area contributed by atoms with Crippen LogP contribution >= 0.6 is 0 Å². The van der Waals surface area contributed by atoms with E-state index in [9.17, 15) is 14.4 Å². The maximum atomic E-state index is 11.8. The summed E-state index contributed by atoms with van der Waals surface area (Å²) in [5.41, 5.74) is 5.73. The van der Waals surface area contributed by atoms with E-state index >= 15 is 0 Å². The molecule has 0 unspecified atom stereocenters. The molecule has 0 saturated carbocycles. The van der Waals surface area contributed by atoms with E-state index in [1.165, 1.54) is 0 Å². The monoisotopic (exact) mass is 356 g/mol. The number of carbonyl (C=O) groups is 3. The molecular formula is C18H20N4O4. The van der Waals surface area contributed by atoms with Crippen LogP contribution in [0, 0.1) is 0 Å². The second kappa shape index (κ2) is 9.67. The fraction of sp³-hybridized carbons (Fsp3) is 0.167. The van der Waals surface area contributed by atoms with E-state index in [1.807, 2.05) is 12.1 Å². The second-order valence-corrected chi connectivity index (χ2v) is 5.25. The first-order valence-corrected chi connectivity index (χ1v) is 7.87. The Morgan fingerprint density at radius 3 is 2.23 bits per heavy atom. The van der Waals surface area contributed by atoms with Crippen LogP contribution in [0.2, 0.25) is 0 Å². The van der Waals surface area contributed by atoms with Gasteiger partial charge in [0.25, 0.3) is 5.91 Å². The molecule has 0 aromatic heterocycles. The minimum Gasteiger partial charge on any atom is -0.497 e. The Hall–Kier alpha value is -3.55. The Labute approximate surface area is 150 Å². The molecule has 0 spiro atoms. The first kappa shape index (κ1) is 18.8. The molecule has 0 atom stereocenters. The molecule has 0 aliphatic heterocycles. The third kappa shape index (κ3) is 6.16. The Balaban J connectivity index is 1.65. The van der Waals surface area contributed by atoms with Gasteiger partial charge in [-0.1, -0.05) is 30.3 Å². The van der Waals surface area contributed by atoms with Crippen molar-refractivity contribution >= 4 is 17.8 Å². The third-order valence-corrected chi connectivity index (χ3v) is 3.38. The maximum Gasteiger partial charge on any atom is 0.333 e. The smallest absolute Gasteiger partial charge is 0.333 e. The van der Waals surface area contributed by atoms with Crippen molar-refractivity contribution in [1.29, 1.82) is 0 Å². The summed E-state index contributed by atoms with van der Waals surface area (Å²) in [6, 6.07) is 15.0. The van der Waals surface area contributed by atoms with Crippen molar-refractivity contribution in [3.8, 4) is 5.75 Å². The SMILES string of the molecule is COc1ccc(CNC(=O)CNC(=O)NNC(=O)c2ccccc2)cc1. The van der Waals surface area contributed by atoms with Gasteiger partial charge in [0.1, 0.15) is 5.75 Å². The molecule has 0 aliphatic rings. The number of ether oxygens (including phenoxy) is 1. The van der Waals surface area contributed by atoms with Gasteiger partial charge < -0.3 is 15.4 Å². The first-order valence-electron chi connectivity index (χ1n) is 7.87. The zero-order valence-corrected chi connectivity index (χ0v) is 14.2. The van der Waals surface area contributed by atoms with Crippen LogP contribution in [0.1, 0.15) is 15.9 Å². The van der Waals surface area contributed by atoms with Crippen LogP contribution in [0.25, 0.3) is 0 Å². The molecule has 8 heteroatoms. The Bertz CT molecular complexity index is 748. The highest BCUT2D eigenvalue weighted by molar-refractivity contribution is 5.95. The molecule has 2 aromatic carbocycles. The zero-order valence-electron chi connectivity index (χ0n) is 14.2. The van der Waals surface area contributed by atoms with Crippen molar-refractivity contribution in [2.24, 2.45) is 0 Å². The Kier molecular flexibility index (Phi) is 6.99. The third-order valence-electron chi connectivity index (χ3n) is 3.38. The number of hydrogen-bond acceptors (Lipinski definition) is 4. The van der Waals surface area contributed by atoms with Crippen LogP contribution < -0.4 is 26.2 Å². The van der Waals surface area contributed by atoms with Crippen LogP contribution in [-0.4, -0.2) is 31.5 Å². The summed E-state index contributed by atoms with van der Waals surface area (Å²) in [5, 5.41) is 5.02. The van der Waals surface area contributed by atoms with Crippen molar-refractivity contribution in [3.63, 3.8) is 0 Å². The lowest BCUT2D eigenvalue weighted by atomic mass is 10.2. The topological polar surface area (TPSA) is 109 Å².